The second kappa shape index (κ2) is 13.0. The number of para-hydroxylation sites is 1. The van der Waals surface area contributed by atoms with Gasteiger partial charge in [0.2, 0.25) is 0 Å². The molecule has 2 aromatic rings. The van der Waals surface area contributed by atoms with Crippen LogP contribution in [0.4, 0.5) is 0 Å². The Morgan fingerprint density at radius 3 is 2.54 bits per heavy atom. The Morgan fingerprint density at radius 1 is 1.13 bits per heavy atom. The lowest BCUT2D eigenvalue weighted by molar-refractivity contribution is -0.765. The summed E-state index contributed by atoms with van der Waals surface area (Å²) in [5.74, 6) is -1.02. The van der Waals surface area contributed by atoms with Crippen molar-refractivity contribution in [3.05, 3.63) is 60.4 Å². The largest absolute Gasteiger partial charge is 0.461 e. The third-order valence-electron chi connectivity index (χ3n) is 6.66. The van der Waals surface area contributed by atoms with Crippen molar-refractivity contribution in [1.29, 1.82) is 0 Å². The molecule has 1 unspecified atom stereocenters. The number of esters is 1. The van der Waals surface area contributed by atoms with Gasteiger partial charge in [-0.2, -0.15) is 9.65 Å². The zero-order valence-electron chi connectivity index (χ0n) is 21.6. The maximum absolute atomic E-state index is 13.8. The highest BCUT2D eigenvalue weighted by Gasteiger charge is 2.49. The summed E-state index contributed by atoms with van der Waals surface area (Å²) in [4.78, 5) is 24.3. The van der Waals surface area contributed by atoms with E-state index < -0.39 is 56.8 Å². The molecule has 1 aromatic heterocycles. The van der Waals surface area contributed by atoms with Crippen LogP contribution in [-0.2, 0) is 23.4 Å². The normalized spacial score (nSPS) is 25.9. The molecule has 1 aliphatic heterocycles. The summed E-state index contributed by atoms with van der Waals surface area (Å²) in [7, 11) is -4.21. The van der Waals surface area contributed by atoms with Crippen LogP contribution < -0.4 is 19.9 Å². The van der Waals surface area contributed by atoms with Gasteiger partial charge in [0.05, 0.1) is 6.61 Å². The number of pyridine rings is 1. The molecule has 1 saturated heterocycles. The molecule has 212 valence electrons. The van der Waals surface area contributed by atoms with E-state index in [-0.39, 0.29) is 17.4 Å². The van der Waals surface area contributed by atoms with Crippen LogP contribution in [0.3, 0.4) is 0 Å². The highest BCUT2D eigenvalue weighted by molar-refractivity contribution is 7.52. The van der Waals surface area contributed by atoms with E-state index in [2.05, 4.69) is 5.09 Å². The second-order valence-corrected chi connectivity index (χ2v) is 11.4. The van der Waals surface area contributed by atoms with Crippen molar-refractivity contribution in [3.63, 3.8) is 0 Å². The fourth-order valence-corrected chi connectivity index (χ4v) is 6.03. The number of hydrogen-bond donors (Lipinski definition) is 4. The van der Waals surface area contributed by atoms with E-state index in [9.17, 15) is 24.4 Å². The number of ether oxygens (including phenoxy) is 2. The number of nitrogens with two attached hydrogens (primary N) is 1. The van der Waals surface area contributed by atoms with Gasteiger partial charge in [0.25, 0.3) is 12.1 Å². The molecule has 2 heterocycles. The maximum Gasteiger partial charge on any atom is 0.459 e. The fourth-order valence-electron chi connectivity index (χ4n) is 4.53. The minimum absolute atomic E-state index is 0.182. The van der Waals surface area contributed by atoms with Crippen LogP contribution in [0.25, 0.3) is 0 Å². The average molecular weight is 565 g/mol. The topological polar surface area (TPSA) is 171 Å². The lowest BCUT2D eigenvalue weighted by Crippen LogP contribution is -2.46. The zero-order valence-corrected chi connectivity index (χ0v) is 22.5. The van der Waals surface area contributed by atoms with Crippen molar-refractivity contribution in [2.45, 2.75) is 75.7 Å². The number of rotatable bonds is 11. The number of hydrogen-bond acceptors (Lipinski definition) is 9. The van der Waals surface area contributed by atoms with Crippen molar-refractivity contribution in [2.24, 2.45) is 5.73 Å². The molecule has 0 radical (unpaired) electrons. The summed E-state index contributed by atoms with van der Waals surface area (Å²) < 4.78 is 37.8. The molecule has 12 nitrogen and oxygen atoms in total. The minimum atomic E-state index is -4.21. The molecule has 0 bridgehead atoms. The minimum Gasteiger partial charge on any atom is -0.461 e. The van der Waals surface area contributed by atoms with Crippen LogP contribution in [0.5, 0.6) is 5.75 Å². The van der Waals surface area contributed by atoms with Gasteiger partial charge >= 0.3 is 13.7 Å². The van der Waals surface area contributed by atoms with Crippen LogP contribution >= 0.6 is 7.75 Å². The van der Waals surface area contributed by atoms with E-state index in [4.69, 9.17) is 24.3 Å². The highest BCUT2D eigenvalue weighted by atomic mass is 31.2. The fraction of sp³-hybridized carbons (Fsp3) is 0.500. The molecule has 4 rings (SSSR count). The Labute approximate surface area is 226 Å². The maximum atomic E-state index is 13.8. The zero-order chi connectivity index (χ0) is 28.0. The standard InChI is InChI=1S/C26H34N3O9P/c1-17(26(33)36-19-10-4-2-5-11-19)28-39(34,38-20-12-6-3-7-13-20)35-16-21-22(30)23(31)25(37-21)29-14-8-9-18(15-29)24(27)32/h3,6-9,12-15,17,19,21-23,25,30-31H,2,4-5,10-11,16H2,1H3,(H2-,27,28,32,34)/p+1/t17-,21+,22+,23+,25+,39?/m0/s1. The van der Waals surface area contributed by atoms with E-state index in [1.807, 2.05) is 0 Å². The molecule has 1 aliphatic carbocycles. The monoisotopic (exact) mass is 564 g/mol. The third-order valence-corrected chi connectivity index (χ3v) is 8.30. The van der Waals surface area contributed by atoms with E-state index in [0.29, 0.717) is 0 Å². The van der Waals surface area contributed by atoms with Crippen LogP contribution in [0, 0.1) is 0 Å². The number of aliphatic hydroxyl groups is 2. The van der Waals surface area contributed by atoms with Gasteiger partial charge in [0, 0.05) is 6.07 Å². The molecule has 13 heteroatoms. The quantitative estimate of drug-likeness (QED) is 0.179. The molecule has 1 amide bonds. The molecule has 2 aliphatic rings. The van der Waals surface area contributed by atoms with Crippen molar-refractivity contribution in [2.75, 3.05) is 6.61 Å². The molecule has 6 atom stereocenters. The molecule has 2 fully saturated rings. The summed E-state index contributed by atoms with van der Waals surface area (Å²) in [5, 5.41) is 23.9. The van der Waals surface area contributed by atoms with Crippen molar-refractivity contribution >= 4 is 19.6 Å². The van der Waals surface area contributed by atoms with E-state index >= 15 is 0 Å². The lowest BCUT2D eigenvalue weighted by Gasteiger charge is -2.26. The number of amides is 1. The average Bonchev–Trinajstić information content (AvgIpc) is 3.22. The molecule has 1 saturated carbocycles. The van der Waals surface area contributed by atoms with Crippen LogP contribution in [-0.4, -0.2) is 59.2 Å². The number of benzene rings is 1. The van der Waals surface area contributed by atoms with Gasteiger partial charge in [-0.05, 0) is 50.8 Å². The first-order chi connectivity index (χ1) is 18.6. The summed E-state index contributed by atoms with van der Waals surface area (Å²) >= 11 is 0. The number of aliphatic hydroxyl groups excluding tert-OH is 2. The summed E-state index contributed by atoms with van der Waals surface area (Å²) in [5.41, 5.74) is 5.51. The number of nitrogens with zero attached hydrogens (tertiary/aromatic N) is 1. The van der Waals surface area contributed by atoms with Gasteiger partial charge in [-0.3, -0.25) is 14.1 Å². The second-order valence-electron chi connectivity index (χ2n) is 9.70. The van der Waals surface area contributed by atoms with Crippen LogP contribution in [0.2, 0.25) is 0 Å². The Balaban J connectivity index is 1.44. The first kappa shape index (κ1) is 29.1. The van der Waals surface area contributed by atoms with Gasteiger partial charge in [0.1, 0.15) is 35.7 Å². The highest BCUT2D eigenvalue weighted by Crippen LogP contribution is 2.46. The van der Waals surface area contributed by atoms with Crippen LogP contribution in [0.1, 0.15) is 55.6 Å². The van der Waals surface area contributed by atoms with Crippen molar-refractivity contribution < 1.29 is 47.5 Å². The number of carbonyl (C=O) groups excluding carboxylic acids is 2. The van der Waals surface area contributed by atoms with Crippen molar-refractivity contribution in [1.82, 2.24) is 5.09 Å². The molecular formula is C26H35N3O9P+. The predicted octanol–water partition coefficient (Wildman–Crippen LogP) is 1.75. The lowest BCUT2D eigenvalue weighted by atomic mass is 9.98. The summed E-state index contributed by atoms with van der Waals surface area (Å²) in [6, 6.07) is 10.3. The Morgan fingerprint density at radius 2 is 1.85 bits per heavy atom. The van der Waals surface area contributed by atoms with E-state index in [1.165, 1.54) is 23.8 Å². The molecular weight excluding hydrogens is 529 g/mol. The predicted molar refractivity (Wildman–Crippen MR) is 137 cm³/mol. The van der Waals surface area contributed by atoms with E-state index in [0.717, 1.165) is 32.1 Å². The number of carbonyl (C=O) groups is 2. The smallest absolute Gasteiger partial charge is 0.459 e. The molecule has 0 spiro atoms. The number of aromatic nitrogens is 1. The Hall–Kier alpha value is -2.86. The summed E-state index contributed by atoms with van der Waals surface area (Å²) in [6.45, 7) is 1.05. The SMILES string of the molecule is C[C@H](NP(=O)(OC[C@H]1O[C@@H]([n+]2cccc(C(N)=O)c2)[C@H](O)[C@@H]1O)Oc1ccccc1)C(=O)OC1CCCCC1. The summed E-state index contributed by atoms with van der Waals surface area (Å²) in [6.07, 6.45) is 2.40. The van der Waals surface area contributed by atoms with Gasteiger partial charge in [0.15, 0.2) is 18.5 Å². The molecule has 39 heavy (non-hydrogen) atoms. The molecule has 1 aromatic carbocycles. The number of nitrogens with one attached hydrogen (secondary N) is 1. The Kier molecular flexibility index (Phi) is 9.71. The first-order valence-corrected chi connectivity index (χ1v) is 14.5. The van der Waals surface area contributed by atoms with Gasteiger partial charge in [-0.15, -0.1) is 0 Å². The van der Waals surface area contributed by atoms with Gasteiger partial charge < -0.3 is 29.9 Å². The van der Waals surface area contributed by atoms with Crippen molar-refractivity contribution in [3.8, 4) is 5.75 Å². The van der Waals surface area contributed by atoms with Crippen LogP contribution in [0.15, 0.2) is 54.9 Å². The van der Waals surface area contributed by atoms with Gasteiger partial charge in [-0.1, -0.05) is 24.6 Å². The molecule has 5 N–H and O–H groups in total. The Bertz CT molecular complexity index is 1180. The third kappa shape index (κ3) is 7.63. The van der Waals surface area contributed by atoms with E-state index in [1.54, 1.807) is 42.6 Å². The van der Waals surface area contributed by atoms with Gasteiger partial charge in [-0.25, -0.2) is 4.57 Å². The number of primary amides is 1. The first-order valence-electron chi connectivity index (χ1n) is 12.9.